The molecule has 0 heterocycles. The molecule has 0 atom stereocenters. The van der Waals surface area contributed by atoms with Gasteiger partial charge in [0.25, 0.3) is 0 Å². The predicted octanol–water partition coefficient (Wildman–Crippen LogP) is 3.55. The van der Waals surface area contributed by atoms with Crippen LogP contribution in [0.2, 0.25) is 0 Å². The van der Waals surface area contributed by atoms with E-state index >= 15 is 0 Å². The molecule has 6 heteroatoms. The zero-order chi connectivity index (χ0) is 20.7. The van der Waals surface area contributed by atoms with Crippen LogP contribution < -0.4 is 15.2 Å². The van der Waals surface area contributed by atoms with E-state index in [0.29, 0.717) is 6.61 Å². The van der Waals surface area contributed by atoms with Crippen LogP contribution in [0.25, 0.3) is 0 Å². The summed E-state index contributed by atoms with van der Waals surface area (Å²) in [6.07, 6.45) is 0.808. The molecule has 0 aliphatic carbocycles. The van der Waals surface area contributed by atoms with Gasteiger partial charge in [-0.2, -0.15) is 0 Å². The first-order chi connectivity index (χ1) is 13.9. The minimum absolute atomic E-state index is 0.138. The fraction of sp³-hybridized carbons (Fsp3) is 0.217. The van der Waals surface area contributed by atoms with Crippen molar-refractivity contribution < 1.29 is 13.2 Å². The van der Waals surface area contributed by atoms with Gasteiger partial charge in [-0.25, -0.2) is 13.6 Å². The molecule has 29 heavy (non-hydrogen) atoms. The molecule has 0 aliphatic heterocycles. The Kier molecular flexibility index (Phi) is 7.04. The number of hydrogen-bond donors (Lipinski definition) is 2. The van der Waals surface area contributed by atoms with Gasteiger partial charge in [0.2, 0.25) is 10.0 Å². The van der Waals surface area contributed by atoms with Gasteiger partial charge < -0.3 is 10.1 Å². The van der Waals surface area contributed by atoms with Crippen LogP contribution in [0.1, 0.15) is 22.3 Å². The molecular formula is C23H26N2O3S. The lowest BCUT2D eigenvalue weighted by molar-refractivity contribution is 0.306. The standard InChI is InChI=1S/C23H26N2O3S/c1-18-3-2-4-21(15-18)17-28-22-9-5-20(6-10-22)16-25-14-13-19-7-11-23(12-8-19)29(24,26)27/h2-12,15,25H,13-14,16-17H2,1H3,(H2,24,26,27). The summed E-state index contributed by atoms with van der Waals surface area (Å²) in [5.74, 6) is 0.852. The first-order valence-electron chi connectivity index (χ1n) is 9.50. The Labute approximate surface area is 172 Å². The van der Waals surface area contributed by atoms with Gasteiger partial charge >= 0.3 is 0 Å². The molecule has 0 amide bonds. The molecule has 0 aliphatic rings. The van der Waals surface area contributed by atoms with Crippen LogP contribution >= 0.6 is 0 Å². The Morgan fingerprint density at radius 3 is 2.24 bits per heavy atom. The normalized spacial score (nSPS) is 11.4. The minimum atomic E-state index is -3.63. The summed E-state index contributed by atoms with van der Waals surface area (Å²) < 4.78 is 28.4. The van der Waals surface area contributed by atoms with Crippen LogP contribution in [0.4, 0.5) is 0 Å². The Morgan fingerprint density at radius 1 is 0.897 bits per heavy atom. The topological polar surface area (TPSA) is 81.4 Å². The van der Waals surface area contributed by atoms with Crippen molar-refractivity contribution in [1.82, 2.24) is 5.32 Å². The van der Waals surface area contributed by atoms with Crippen molar-refractivity contribution in [2.75, 3.05) is 6.54 Å². The average Bonchev–Trinajstić information content (AvgIpc) is 2.70. The third kappa shape index (κ3) is 6.71. The smallest absolute Gasteiger partial charge is 0.238 e. The summed E-state index contributed by atoms with van der Waals surface area (Å²) >= 11 is 0. The molecule has 3 rings (SSSR count). The van der Waals surface area contributed by atoms with Crippen LogP contribution in [0, 0.1) is 6.92 Å². The number of nitrogens with two attached hydrogens (primary N) is 1. The summed E-state index contributed by atoms with van der Waals surface area (Å²) in [4.78, 5) is 0.138. The summed E-state index contributed by atoms with van der Waals surface area (Å²) in [6, 6.07) is 23.1. The zero-order valence-electron chi connectivity index (χ0n) is 16.5. The molecule has 3 aromatic carbocycles. The van der Waals surface area contributed by atoms with Gasteiger partial charge in [-0.05, 0) is 60.8 Å². The summed E-state index contributed by atoms with van der Waals surface area (Å²) in [5.41, 5.74) is 4.63. The molecule has 152 valence electrons. The fourth-order valence-corrected chi connectivity index (χ4v) is 3.50. The first kappa shape index (κ1) is 21.0. The highest BCUT2D eigenvalue weighted by atomic mass is 32.2. The van der Waals surface area contributed by atoms with E-state index in [1.165, 1.54) is 11.1 Å². The number of hydrogen-bond acceptors (Lipinski definition) is 4. The van der Waals surface area contributed by atoms with Crippen LogP contribution in [-0.2, 0) is 29.6 Å². The number of rotatable bonds is 9. The number of primary sulfonamides is 1. The van der Waals surface area contributed by atoms with Crippen LogP contribution in [0.3, 0.4) is 0 Å². The second kappa shape index (κ2) is 9.69. The Bertz CT molecular complexity index is 1030. The minimum Gasteiger partial charge on any atom is -0.489 e. The average molecular weight is 411 g/mol. The van der Waals surface area contributed by atoms with Crippen molar-refractivity contribution in [3.63, 3.8) is 0 Å². The van der Waals surface area contributed by atoms with Gasteiger partial charge in [0.1, 0.15) is 12.4 Å². The summed E-state index contributed by atoms with van der Waals surface area (Å²) in [5, 5.41) is 8.50. The van der Waals surface area contributed by atoms with Crippen molar-refractivity contribution in [2.24, 2.45) is 5.14 Å². The number of benzene rings is 3. The lowest BCUT2D eigenvalue weighted by Crippen LogP contribution is -2.17. The van der Waals surface area contributed by atoms with E-state index in [0.717, 1.165) is 36.4 Å². The molecule has 0 bridgehead atoms. The van der Waals surface area contributed by atoms with Gasteiger partial charge in [0.15, 0.2) is 0 Å². The number of ether oxygens (including phenoxy) is 1. The van der Waals surface area contributed by atoms with E-state index in [2.05, 4.69) is 42.6 Å². The maximum absolute atomic E-state index is 11.3. The van der Waals surface area contributed by atoms with E-state index in [1.807, 2.05) is 18.2 Å². The van der Waals surface area contributed by atoms with Crippen molar-refractivity contribution >= 4 is 10.0 Å². The Morgan fingerprint density at radius 2 is 1.59 bits per heavy atom. The number of aryl methyl sites for hydroxylation is 1. The van der Waals surface area contributed by atoms with Crippen molar-refractivity contribution in [2.45, 2.75) is 31.4 Å². The van der Waals surface area contributed by atoms with Crippen LogP contribution in [0.5, 0.6) is 5.75 Å². The maximum Gasteiger partial charge on any atom is 0.238 e. The first-order valence-corrected chi connectivity index (χ1v) is 11.0. The van der Waals surface area contributed by atoms with Crippen molar-refractivity contribution in [1.29, 1.82) is 0 Å². The zero-order valence-corrected chi connectivity index (χ0v) is 17.3. The fourth-order valence-electron chi connectivity index (χ4n) is 2.98. The molecular weight excluding hydrogens is 384 g/mol. The van der Waals surface area contributed by atoms with Crippen LogP contribution in [0.15, 0.2) is 77.7 Å². The largest absolute Gasteiger partial charge is 0.489 e. The second-order valence-electron chi connectivity index (χ2n) is 7.04. The number of sulfonamides is 1. The lowest BCUT2D eigenvalue weighted by Gasteiger charge is -2.09. The predicted molar refractivity (Wildman–Crippen MR) is 115 cm³/mol. The number of nitrogens with one attached hydrogen (secondary N) is 1. The van der Waals surface area contributed by atoms with Gasteiger partial charge in [-0.1, -0.05) is 54.1 Å². The van der Waals surface area contributed by atoms with Gasteiger partial charge in [0.05, 0.1) is 4.90 Å². The van der Waals surface area contributed by atoms with Crippen molar-refractivity contribution in [3.8, 4) is 5.75 Å². The van der Waals surface area contributed by atoms with Gasteiger partial charge in [0, 0.05) is 6.54 Å². The molecule has 0 saturated carbocycles. The highest BCUT2D eigenvalue weighted by Crippen LogP contribution is 2.15. The highest BCUT2D eigenvalue weighted by Gasteiger charge is 2.06. The van der Waals surface area contributed by atoms with E-state index in [-0.39, 0.29) is 4.90 Å². The van der Waals surface area contributed by atoms with E-state index in [4.69, 9.17) is 9.88 Å². The molecule has 3 aromatic rings. The Hall–Kier alpha value is -2.67. The summed E-state index contributed by atoms with van der Waals surface area (Å²) in [7, 11) is -3.63. The van der Waals surface area contributed by atoms with E-state index in [9.17, 15) is 8.42 Å². The molecule has 0 saturated heterocycles. The maximum atomic E-state index is 11.3. The third-order valence-electron chi connectivity index (χ3n) is 4.58. The monoisotopic (exact) mass is 410 g/mol. The molecule has 5 nitrogen and oxygen atoms in total. The van der Waals surface area contributed by atoms with E-state index in [1.54, 1.807) is 24.3 Å². The van der Waals surface area contributed by atoms with Gasteiger partial charge in [-0.3, -0.25) is 0 Å². The molecule has 0 aromatic heterocycles. The lowest BCUT2D eigenvalue weighted by atomic mass is 10.1. The van der Waals surface area contributed by atoms with E-state index < -0.39 is 10.0 Å². The highest BCUT2D eigenvalue weighted by molar-refractivity contribution is 7.89. The van der Waals surface area contributed by atoms with Crippen molar-refractivity contribution in [3.05, 3.63) is 95.1 Å². The second-order valence-corrected chi connectivity index (χ2v) is 8.60. The summed E-state index contributed by atoms with van der Waals surface area (Å²) in [6.45, 7) is 4.18. The molecule has 0 spiro atoms. The quantitative estimate of drug-likeness (QED) is 0.529. The Balaban J connectivity index is 1.41. The third-order valence-corrected chi connectivity index (χ3v) is 5.51. The SMILES string of the molecule is Cc1cccc(COc2ccc(CNCCc3ccc(S(N)(=O)=O)cc3)cc2)c1. The molecule has 0 radical (unpaired) electrons. The molecule has 0 fully saturated rings. The molecule has 0 unspecified atom stereocenters. The molecule has 3 N–H and O–H groups in total. The van der Waals surface area contributed by atoms with Gasteiger partial charge in [-0.15, -0.1) is 0 Å². The van der Waals surface area contributed by atoms with Crippen LogP contribution in [-0.4, -0.2) is 15.0 Å².